The number of azo groups is 1. The van der Waals surface area contributed by atoms with Crippen LogP contribution in [0.4, 0.5) is 16.0 Å². The maximum Gasteiger partial charge on any atom is 0.253 e. The number of phenols is 1. The molecular formula is C8H7N5OS. The third-order valence-corrected chi connectivity index (χ3v) is 2.17. The van der Waals surface area contributed by atoms with Crippen LogP contribution in [0.3, 0.4) is 0 Å². The van der Waals surface area contributed by atoms with Crippen LogP contribution < -0.4 is 5.73 Å². The number of rotatable bonds is 2. The third kappa shape index (κ3) is 2.47. The van der Waals surface area contributed by atoms with Crippen LogP contribution in [-0.2, 0) is 0 Å². The summed E-state index contributed by atoms with van der Waals surface area (Å²) in [6.45, 7) is 0. The Balaban J connectivity index is 2.14. The summed E-state index contributed by atoms with van der Waals surface area (Å²) < 4.78 is 0. The molecule has 2 aromatic rings. The van der Waals surface area contributed by atoms with E-state index in [1.165, 1.54) is 12.1 Å². The number of anilines is 1. The predicted molar refractivity (Wildman–Crippen MR) is 56.6 cm³/mol. The fraction of sp³-hybridized carbons (Fsp3) is 0. The van der Waals surface area contributed by atoms with E-state index in [-0.39, 0.29) is 5.75 Å². The number of phenolic OH excluding ortho intramolecular Hbond substituents is 1. The molecule has 7 heteroatoms. The van der Waals surface area contributed by atoms with Crippen LogP contribution in [0.5, 0.6) is 5.75 Å². The Morgan fingerprint density at radius 2 is 1.87 bits per heavy atom. The van der Waals surface area contributed by atoms with Gasteiger partial charge in [-0.2, -0.15) is 0 Å². The van der Waals surface area contributed by atoms with Gasteiger partial charge in [0, 0.05) is 0 Å². The van der Waals surface area contributed by atoms with Gasteiger partial charge in [-0.25, -0.2) is 0 Å². The molecule has 3 N–H and O–H groups in total. The van der Waals surface area contributed by atoms with Crippen LogP contribution in [-0.4, -0.2) is 15.3 Å². The van der Waals surface area contributed by atoms with E-state index >= 15 is 0 Å². The van der Waals surface area contributed by atoms with E-state index < -0.39 is 0 Å². The smallest absolute Gasteiger partial charge is 0.253 e. The number of nitrogen functional groups attached to an aromatic ring is 1. The van der Waals surface area contributed by atoms with Gasteiger partial charge >= 0.3 is 0 Å². The van der Waals surface area contributed by atoms with Gasteiger partial charge in [-0.05, 0) is 24.3 Å². The van der Waals surface area contributed by atoms with Crippen molar-refractivity contribution in [3.63, 3.8) is 0 Å². The number of aromatic hydroxyl groups is 1. The van der Waals surface area contributed by atoms with Gasteiger partial charge in [-0.3, -0.25) is 0 Å². The lowest BCUT2D eigenvalue weighted by molar-refractivity contribution is 0.475. The molecule has 15 heavy (non-hydrogen) atoms. The molecule has 0 unspecified atom stereocenters. The summed E-state index contributed by atoms with van der Waals surface area (Å²) in [5.74, 6) is 0.189. The minimum atomic E-state index is 0.189. The van der Waals surface area contributed by atoms with Gasteiger partial charge in [-0.1, -0.05) is 11.3 Å². The molecule has 0 amide bonds. The second kappa shape index (κ2) is 4.01. The first-order valence-corrected chi connectivity index (χ1v) is 4.85. The maximum absolute atomic E-state index is 9.04. The summed E-state index contributed by atoms with van der Waals surface area (Å²) in [5.41, 5.74) is 6.00. The fourth-order valence-electron chi connectivity index (χ4n) is 0.887. The molecule has 6 nitrogen and oxygen atoms in total. The largest absolute Gasteiger partial charge is 0.508 e. The molecule has 0 bridgehead atoms. The summed E-state index contributed by atoms with van der Waals surface area (Å²) in [6, 6.07) is 6.35. The van der Waals surface area contributed by atoms with Gasteiger partial charge in [0.15, 0.2) is 0 Å². The van der Waals surface area contributed by atoms with Crippen molar-refractivity contribution in [1.82, 2.24) is 10.2 Å². The van der Waals surface area contributed by atoms with E-state index in [0.717, 1.165) is 11.3 Å². The average Bonchev–Trinajstić information content (AvgIpc) is 2.64. The summed E-state index contributed by atoms with van der Waals surface area (Å²) in [5, 5.41) is 24.8. The zero-order valence-electron chi connectivity index (χ0n) is 7.53. The molecule has 0 radical (unpaired) electrons. The van der Waals surface area contributed by atoms with Crippen LogP contribution in [0.15, 0.2) is 34.5 Å². The Morgan fingerprint density at radius 3 is 2.47 bits per heavy atom. The highest BCUT2D eigenvalue weighted by molar-refractivity contribution is 7.18. The topological polar surface area (TPSA) is 96.8 Å². The van der Waals surface area contributed by atoms with E-state index in [1.54, 1.807) is 12.1 Å². The first-order valence-electron chi connectivity index (χ1n) is 4.04. The van der Waals surface area contributed by atoms with Crippen molar-refractivity contribution in [2.45, 2.75) is 0 Å². The van der Waals surface area contributed by atoms with Gasteiger partial charge in [0.05, 0.1) is 5.69 Å². The second-order valence-electron chi connectivity index (χ2n) is 2.64. The van der Waals surface area contributed by atoms with Crippen molar-refractivity contribution in [3.8, 4) is 5.75 Å². The van der Waals surface area contributed by atoms with Gasteiger partial charge in [0.1, 0.15) is 5.75 Å². The molecule has 2 rings (SSSR count). The number of hydrogen-bond acceptors (Lipinski definition) is 7. The van der Waals surface area contributed by atoms with Crippen molar-refractivity contribution < 1.29 is 5.11 Å². The molecule has 0 spiro atoms. The van der Waals surface area contributed by atoms with Crippen LogP contribution >= 0.6 is 11.3 Å². The Morgan fingerprint density at radius 1 is 1.13 bits per heavy atom. The highest BCUT2D eigenvalue weighted by atomic mass is 32.1. The molecular weight excluding hydrogens is 214 g/mol. The Bertz CT molecular complexity index is 478. The van der Waals surface area contributed by atoms with Crippen LogP contribution in [0.1, 0.15) is 0 Å². The van der Waals surface area contributed by atoms with E-state index in [0.29, 0.717) is 16.0 Å². The lowest BCUT2D eigenvalue weighted by atomic mass is 10.3. The molecule has 1 aromatic carbocycles. The number of benzene rings is 1. The lowest BCUT2D eigenvalue weighted by Gasteiger charge is -1.91. The second-order valence-corrected chi connectivity index (χ2v) is 3.63. The molecule has 0 aliphatic carbocycles. The fourth-order valence-corrected chi connectivity index (χ4v) is 1.32. The van der Waals surface area contributed by atoms with Crippen molar-refractivity contribution in [1.29, 1.82) is 0 Å². The quantitative estimate of drug-likeness (QED) is 0.760. The molecule has 0 atom stereocenters. The number of nitrogens with zero attached hydrogens (tertiary/aromatic N) is 4. The number of aromatic nitrogens is 2. The standard InChI is InChI=1S/C8H7N5OS/c9-7-11-13-8(15-7)12-10-5-1-3-6(14)4-2-5/h1-4,14H,(H2,9,11). The van der Waals surface area contributed by atoms with E-state index in [1.807, 2.05) is 0 Å². The monoisotopic (exact) mass is 221 g/mol. The first kappa shape index (κ1) is 9.53. The molecule has 0 saturated carbocycles. The Labute approximate surface area is 89.1 Å². The van der Waals surface area contributed by atoms with E-state index in [4.69, 9.17) is 10.8 Å². The van der Waals surface area contributed by atoms with E-state index in [2.05, 4.69) is 20.4 Å². The summed E-state index contributed by atoms with van der Waals surface area (Å²) >= 11 is 1.16. The summed E-state index contributed by atoms with van der Waals surface area (Å²) in [7, 11) is 0. The first-order chi connectivity index (χ1) is 7.24. The minimum Gasteiger partial charge on any atom is -0.508 e. The predicted octanol–water partition coefficient (Wildman–Crippen LogP) is 2.24. The van der Waals surface area contributed by atoms with Crippen molar-refractivity contribution >= 4 is 27.3 Å². The molecule has 76 valence electrons. The molecule has 1 aromatic heterocycles. The normalized spacial score (nSPS) is 10.9. The molecule has 0 aliphatic heterocycles. The average molecular weight is 221 g/mol. The molecule has 0 aliphatic rings. The van der Waals surface area contributed by atoms with Crippen LogP contribution in [0, 0.1) is 0 Å². The van der Waals surface area contributed by atoms with Crippen molar-refractivity contribution in [2.75, 3.05) is 5.73 Å². The molecule has 0 saturated heterocycles. The molecule has 0 fully saturated rings. The van der Waals surface area contributed by atoms with Crippen LogP contribution in [0.25, 0.3) is 0 Å². The van der Waals surface area contributed by atoms with E-state index in [9.17, 15) is 0 Å². The lowest BCUT2D eigenvalue weighted by Crippen LogP contribution is -1.79. The van der Waals surface area contributed by atoms with Gasteiger partial charge in [0.2, 0.25) is 5.13 Å². The third-order valence-electron chi connectivity index (χ3n) is 1.53. The highest BCUT2D eigenvalue weighted by Crippen LogP contribution is 2.23. The highest BCUT2D eigenvalue weighted by Gasteiger charge is 1.97. The van der Waals surface area contributed by atoms with Gasteiger partial charge in [0.25, 0.3) is 5.13 Å². The van der Waals surface area contributed by atoms with Crippen LogP contribution in [0.2, 0.25) is 0 Å². The van der Waals surface area contributed by atoms with Crippen molar-refractivity contribution in [3.05, 3.63) is 24.3 Å². The maximum atomic E-state index is 9.04. The SMILES string of the molecule is Nc1nnc(N=Nc2ccc(O)cc2)s1. The number of nitrogens with two attached hydrogens (primary N) is 1. The zero-order valence-corrected chi connectivity index (χ0v) is 8.35. The summed E-state index contributed by atoms with van der Waals surface area (Å²) in [4.78, 5) is 0. The minimum absolute atomic E-state index is 0.189. The van der Waals surface area contributed by atoms with Crippen molar-refractivity contribution in [2.24, 2.45) is 10.2 Å². The van der Waals surface area contributed by atoms with Gasteiger partial charge in [-0.15, -0.1) is 20.4 Å². The number of hydrogen-bond donors (Lipinski definition) is 2. The zero-order chi connectivity index (χ0) is 10.7. The Hall–Kier alpha value is -2.02. The molecule has 1 heterocycles. The summed E-state index contributed by atoms with van der Waals surface area (Å²) in [6.07, 6.45) is 0. The Kier molecular flexibility index (Phi) is 2.55. The van der Waals surface area contributed by atoms with Gasteiger partial charge < -0.3 is 10.8 Å².